The maximum absolute atomic E-state index is 12.5. The van der Waals surface area contributed by atoms with Gasteiger partial charge in [-0.25, -0.2) is 0 Å². The van der Waals surface area contributed by atoms with Gasteiger partial charge in [-0.2, -0.15) is 0 Å². The molecule has 3 N–H and O–H groups in total. The van der Waals surface area contributed by atoms with Gasteiger partial charge in [-0.3, -0.25) is 15.6 Å². The van der Waals surface area contributed by atoms with Crippen LogP contribution in [0.5, 0.6) is 5.75 Å². The van der Waals surface area contributed by atoms with Crippen LogP contribution in [0.15, 0.2) is 42.7 Å². The van der Waals surface area contributed by atoms with Crippen molar-refractivity contribution >= 4 is 11.6 Å². The van der Waals surface area contributed by atoms with E-state index in [0.717, 1.165) is 11.3 Å². The quantitative estimate of drug-likeness (QED) is 0.645. The van der Waals surface area contributed by atoms with E-state index >= 15 is 0 Å². The van der Waals surface area contributed by atoms with Crippen LogP contribution < -0.4 is 16.0 Å². The molecule has 1 amide bonds. The molecular weight excluding hydrogens is 268 g/mol. The van der Waals surface area contributed by atoms with E-state index in [-0.39, 0.29) is 5.91 Å². The summed E-state index contributed by atoms with van der Waals surface area (Å²) in [5, 5.41) is 0. The number of ether oxygens (including phenoxy) is 1. The summed E-state index contributed by atoms with van der Waals surface area (Å²) in [5.74, 6) is 6.04. The van der Waals surface area contributed by atoms with Gasteiger partial charge >= 0.3 is 0 Å². The van der Waals surface area contributed by atoms with Gasteiger partial charge in [0.2, 0.25) is 0 Å². The van der Waals surface area contributed by atoms with Crippen LogP contribution in [0, 0.1) is 0 Å². The Morgan fingerprint density at radius 1 is 1.43 bits per heavy atom. The summed E-state index contributed by atoms with van der Waals surface area (Å²) in [5.41, 5.74) is 4.46. The number of nitrogens with two attached hydrogens (primary N) is 1. The minimum absolute atomic E-state index is 0.131. The zero-order valence-corrected chi connectivity index (χ0v) is 12.0. The molecule has 21 heavy (non-hydrogen) atoms. The van der Waals surface area contributed by atoms with Crippen LogP contribution in [0.4, 0.5) is 5.69 Å². The number of methoxy groups -OCH3 is 1. The van der Waals surface area contributed by atoms with E-state index in [2.05, 4.69) is 10.4 Å². The van der Waals surface area contributed by atoms with Crippen molar-refractivity contribution in [2.45, 2.75) is 6.54 Å². The molecule has 1 heterocycles. The summed E-state index contributed by atoms with van der Waals surface area (Å²) in [6.07, 6.45) is 3.08. The monoisotopic (exact) mass is 286 g/mol. The molecule has 1 aromatic heterocycles. The van der Waals surface area contributed by atoms with Gasteiger partial charge in [0.25, 0.3) is 5.91 Å². The Morgan fingerprint density at radius 3 is 2.95 bits per heavy atom. The number of aromatic nitrogens is 1. The molecule has 0 fully saturated rings. The molecule has 0 aliphatic carbocycles. The number of hydrogen-bond acceptors (Lipinski definition) is 5. The zero-order valence-electron chi connectivity index (χ0n) is 12.0. The number of hydrazine groups is 1. The fourth-order valence-corrected chi connectivity index (χ4v) is 2.02. The summed E-state index contributed by atoms with van der Waals surface area (Å²) in [7, 11) is 3.35. The molecule has 0 aliphatic rings. The second-order valence-corrected chi connectivity index (χ2v) is 4.58. The summed E-state index contributed by atoms with van der Waals surface area (Å²) < 4.78 is 5.18. The summed E-state index contributed by atoms with van der Waals surface area (Å²) in [6, 6.07) is 9.25. The van der Waals surface area contributed by atoms with Gasteiger partial charge in [-0.1, -0.05) is 12.1 Å². The second-order valence-electron chi connectivity index (χ2n) is 4.58. The smallest absolute Gasteiger partial charge is 0.256 e. The molecule has 110 valence electrons. The summed E-state index contributed by atoms with van der Waals surface area (Å²) >= 11 is 0. The second kappa shape index (κ2) is 6.71. The van der Waals surface area contributed by atoms with Gasteiger partial charge in [0.1, 0.15) is 5.75 Å². The van der Waals surface area contributed by atoms with Crippen LogP contribution in [-0.2, 0) is 6.54 Å². The van der Waals surface area contributed by atoms with E-state index < -0.39 is 0 Å². The van der Waals surface area contributed by atoms with E-state index in [1.165, 1.54) is 6.20 Å². The van der Waals surface area contributed by atoms with E-state index in [9.17, 15) is 4.79 Å². The minimum atomic E-state index is -0.131. The number of pyridine rings is 1. The average Bonchev–Trinajstić information content (AvgIpc) is 2.54. The van der Waals surface area contributed by atoms with Crippen molar-refractivity contribution in [1.82, 2.24) is 9.88 Å². The molecule has 0 radical (unpaired) electrons. The van der Waals surface area contributed by atoms with Crippen molar-refractivity contribution in [2.75, 3.05) is 19.6 Å². The number of rotatable bonds is 5. The maximum atomic E-state index is 12.5. The van der Waals surface area contributed by atoms with Crippen molar-refractivity contribution < 1.29 is 9.53 Å². The third-order valence-electron chi connectivity index (χ3n) is 3.11. The zero-order chi connectivity index (χ0) is 15.2. The largest absolute Gasteiger partial charge is 0.497 e. The third kappa shape index (κ3) is 3.49. The Bertz CT molecular complexity index is 631. The first-order valence-corrected chi connectivity index (χ1v) is 6.44. The molecule has 6 nitrogen and oxygen atoms in total. The molecular formula is C15H18N4O2. The fourth-order valence-electron chi connectivity index (χ4n) is 2.02. The molecule has 1 aromatic carbocycles. The highest BCUT2D eigenvalue weighted by molar-refractivity contribution is 5.99. The van der Waals surface area contributed by atoms with Gasteiger partial charge in [-0.15, -0.1) is 0 Å². The molecule has 6 heteroatoms. The molecule has 0 atom stereocenters. The fraction of sp³-hybridized carbons (Fsp3) is 0.200. The Morgan fingerprint density at radius 2 is 2.24 bits per heavy atom. The van der Waals surface area contributed by atoms with Crippen LogP contribution >= 0.6 is 0 Å². The number of hydrogen-bond donors (Lipinski definition) is 2. The molecule has 0 unspecified atom stereocenters. The van der Waals surface area contributed by atoms with E-state index in [1.54, 1.807) is 31.3 Å². The third-order valence-corrected chi connectivity index (χ3v) is 3.11. The number of carbonyl (C=O) groups excluding carboxylic acids is 1. The first-order chi connectivity index (χ1) is 10.2. The number of anilines is 1. The molecule has 0 aliphatic heterocycles. The van der Waals surface area contributed by atoms with Crippen molar-refractivity contribution in [3.63, 3.8) is 0 Å². The topological polar surface area (TPSA) is 80.5 Å². The lowest BCUT2D eigenvalue weighted by Crippen LogP contribution is -2.27. The number of amides is 1. The first kappa shape index (κ1) is 14.8. The van der Waals surface area contributed by atoms with Crippen LogP contribution in [0.2, 0.25) is 0 Å². The van der Waals surface area contributed by atoms with Gasteiger partial charge in [-0.05, 0) is 23.8 Å². The van der Waals surface area contributed by atoms with Crippen LogP contribution in [-0.4, -0.2) is 29.9 Å². The van der Waals surface area contributed by atoms with Gasteiger partial charge in [0.05, 0.1) is 24.6 Å². The van der Waals surface area contributed by atoms with E-state index in [1.807, 2.05) is 24.3 Å². The normalized spacial score (nSPS) is 10.0. The van der Waals surface area contributed by atoms with Gasteiger partial charge < -0.3 is 15.1 Å². The number of nitrogen functional groups attached to an aromatic ring is 1. The number of carbonyl (C=O) groups is 1. The average molecular weight is 286 g/mol. The van der Waals surface area contributed by atoms with Crippen LogP contribution in [0.25, 0.3) is 0 Å². The number of benzene rings is 1. The minimum Gasteiger partial charge on any atom is -0.497 e. The lowest BCUT2D eigenvalue weighted by molar-refractivity contribution is 0.0786. The van der Waals surface area contributed by atoms with E-state index in [4.69, 9.17) is 10.6 Å². The lowest BCUT2D eigenvalue weighted by atomic mass is 10.1. The highest BCUT2D eigenvalue weighted by Gasteiger charge is 2.15. The Labute approximate surface area is 123 Å². The van der Waals surface area contributed by atoms with Crippen molar-refractivity contribution in [3.05, 3.63) is 53.9 Å². The van der Waals surface area contributed by atoms with E-state index in [0.29, 0.717) is 17.8 Å². The Hall–Kier alpha value is -2.60. The standard InChI is InChI=1S/C15H18N4O2/c1-19(10-11-4-3-5-12(8-11)21-2)15(20)13-6-7-17-9-14(13)18-16/h3-9,18H,10,16H2,1-2H3. The Kier molecular flexibility index (Phi) is 4.73. The van der Waals surface area contributed by atoms with Gasteiger partial charge in [0.15, 0.2) is 0 Å². The van der Waals surface area contributed by atoms with Crippen LogP contribution in [0.3, 0.4) is 0 Å². The molecule has 0 saturated carbocycles. The highest BCUT2D eigenvalue weighted by Crippen LogP contribution is 2.17. The SMILES string of the molecule is COc1cccc(CN(C)C(=O)c2ccncc2NN)c1. The molecule has 2 aromatic rings. The van der Waals surface area contributed by atoms with Crippen molar-refractivity contribution in [1.29, 1.82) is 0 Å². The van der Waals surface area contributed by atoms with Crippen molar-refractivity contribution in [2.24, 2.45) is 5.84 Å². The van der Waals surface area contributed by atoms with Crippen molar-refractivity contribution in [3.8, 4) is 5.75 Å². The number of nitrogens with zero attached hydrogens (tertiary/aromatic N) is 2. The highest BCUT2D eigenvalue weighted by atomic mass is 16.5. The molecule has 0 saturated heterocycles. The van der Waals surface area contributed by atoms with Gasteiger partial charge in [0, 0.05) is 19.8 Å². The summed E-state index contributed by atoms with van der Waals surface area (Å²) in [6.45, 7) is 0.475. The lowest BCUT2D eigenvalue weighted by Gasteiger charge is -2.19. The molecule has 0 spiro atoms. The predicted molar refractivity (Wildman–Crippen MR) is 80.8 cm³/mol. The maximum Gasteiger partial charge on any atom is 0.256 e. The predicted octanol–water partition coefficient (Wildman–Crippen LogP) is 1.65. The van der Waals surface area contributed by atoms with Crippen LogP contribution in [0.1, 0.15) is 15.9 Å². The molecule has 0 bridgehead atoms. The number of nitrogens with one attached hydrogen (secondary N) is 1. The first-order valence-electron chi connectivity index (χ1n) is 6.44. The molecule has 2 rings (SSSR count). The summed E-state index contributed by atoms with van der Waals surface area (Å²) in [4.78, 5) is 18.0. The Balaban J connectivity index is 2.15.